The molecular formula is C12H11ClN2O. The molecule has 1 aromatic heterocycles. The Bertz CT molecular complexity index is 514. The fourth-order valence-corrected chi connectivity index (χ4v) is 1.51. The zero-order chi connectivity index (χ0) is 11.5. The Balaban J connectivity index is 2.31. The van der Waals surface area contributed by atoms with Gasteiger partial charge in [-0.3, -0.25) is 4.98 Å². The van der Waals surface area contributed by atoms with E-state index in [1.54, 1.807) is 24.5 Å². The average Bonchev–Trinajstić information content (AvgIpc) is 2.25. The Morgan fingerprint density at radius 3 is 2.75 bits per heavy atom. The zero-order valence-electron chi connectivity index (χ0n) is 8.77. The van der Waals surface area contributed by atoms with Crippen LogP contribution in [0.5, 0.6) is 11.5 Å². The lowest BCUT2D eigenvalue weighted by Gasteiger charge is -2.09. The van der Waals surface area contributed by atoms with Crippen LogP contribution in [0.3, 0.4) is 0 Å². The number of hydrogen-bond donors (Lipinski definition) is 1. The minimum absolute atomic E-state index is 0.485. The first kappa shape index (κ1) is 10.8. The largest absolute Gasteiger partial charge is 0.455 e. The third kappa shape index (κ3) is 2.25. The molecule has 2 N–H and O–H groups in total. The van der Waals surface area contributed by atoms with Crippen molar-refractivity contribution in [2.45, 2.75) is 6.92 Å². The van der Waals surface area contributed by atoms with Crippen molar-refractivity contribution in [2.24, 2.45) is 0 Å². The number of pyridine rings is 1. The van der Waals surface area contributed by atoms with E-state index in [1.807, 2.05) is 19.1 Å². The van der Waals surface area contributed by atoms with E-state index >= 15 is 0 Å². The zero-order valence-corrected chi connectivity index (χ0v) is 9.53. The molecule has 82 valence electrons. The van der Waals surface area contributed by atoms with Gasteiger partial charge in [0.25, 0.3) is 0 Å². The number of hydrogen-bond acceptors (Lipinski definition) is 3. The summed E-state index contributed by atoms with van der Waals surface area (Å²) in [4.78, 5) is 3.89. The molecule has 2 aromatic rings. The van der Waals surface area contributed by atoms with Gasteiger partial charge in [-0.2, -0.15) is 0 Å². The molecule has 0 saturated carbocycles. The van der Waals surface area contributed by atoms with Gasteiger partial charge in [-0.1, -0.05) is 11.6 Å². The van der Waals surface area contributed by atoms with E-state index in [0.29, 0.717) is 16.5 Å². The molecule has 0 unspecified atom stereocenters. The van der Waals surface area contributed by atoms with Crippen molar-refractivity contribution in [3.63, 3.8) is 0 Å². The van der Waals surface area contributed by atoms with Gasteiger partial charge in [0, 0.05) is 24.1 Å². The van der Waals surface area contributed by atoms with Crippen molar-refractivity contribution in [3.8, 4) is 11.5 Å². The van der Waals surface area contributed by atoms with Crippen LogP contribution in [0.4, 0.5) is 5.69 Å². The Kier molecular flexibility index (Phi) is 2.97. The van der Waals surface area contributed by atoms with E-state index in [-0.39, 0.29) is 0 Å². The third-order valence-electron chi connectivity index (χ3n) is 2.15. The highest BCUT2D eigenvalue weighted by molar-refractivity contribution is 6.31. The van der Waals surface area contributed by atoms with Crippen molar-refractivity contribution < 1.29 is 4.74 Å². The number of nitrogens with zero attached hydrogens (tertiary/aromatic N) is 1. The molecule has 0 radical (unpaired) electrons. The summed E-state index contributed by atoms with van der Waals surface area (Å²) in [6.45, 7) is 1.93. The topological polar surface area (TPSA) is 48.1 Å². The first-order valence-electron chi connectivity index (χ1n) is 4.80. The standard InChI is InChI=1S/C12H11ClN2O/c1-8-6-9(14)2-3-11(8)16-12-4-5-15-7-10(12)13/h2-7H,14H2,1H3. The van der Waals surface area contributed by atoms with Crippen molar-refractivity contribution >= 4 is 17.3 Å². The molecule has 1 aromatic carbocycles. The van der Waals surface area contributed by atoms with Crippen LogP contribution >= 0.6 is 11.6 Å². The smallest absolute Gasteiger partial charge is 0.149 e. The van der Waals surface area contributed by atoms with Crippen LogP contribution in [0.1, 0.15) is 5.56 Å². The maximum Gasteiger partial charge on any atom is 0.149 e. The minimum Gasteiger partial charge on any atom is -0.455 e. The maximum atomic E-state index is 5.95. The molecule has 0 aliphatic carbocycles. The summed E-state index contributed by atoms with van der Waals surface area (Å²) < 4.78 is 5.67. The number of nitrogen functional groups attached to an aromatic ring is 1. The number of ether oxygens (including phenoxy) is 1. The maximum absolute atomic E-state index is 5.95. The molecule has 2 rings (SSSR count). The van der Waals surface area contributed by atoms with Crippen molar-refractivity contribution in [1.82, 2.24) is 4.98 Å². The summed E-state index contributed by atoms with van der Waals surface area (Å²) in [6.07, 6.45) is 3.18. The highest BCUT2D eigenvalue weighted by Crippen LogP contribution is 2.30. The number of aryl methyl sites for hydroxylation is 1. The first-order valence-corrected chi connectivity index (χ1v) is 5.18. The van der Waals surface area contributed by atoms with Gasteiger partial charge in [-0.25, -0.2) is 0 Å². The van der Waals surface area contributed by atoms with E-state index < -0.39 is 0 Å². The van der Waals surface area contributed by atoms with Gasteiger partial charge in [0.15, 0.2) is 0 Å². The lowest BCUT2D eigenvalue weighted by atomic mass is 10.2. The fraction of sp³-hybridized carbons (Fsp3) is 0.0833. The number of nitrogens with two attached hydrogens (primary N) is 1. The summed E-state index contributed by atoms with van der Waals surface area (Å²) >= 11 is 5.95. The highest BCUT2D eigenvalue weighted by Gasteiger charge is 2.05. The van der Waals surface area contributed by atoms with Crippen LogP contribution in [0.2, 0.25) is 5.02 Å². The predicted molar refractivity (Wildman–Crippen MR) is 64.9 cm³/mol. The molecule has 0 amide bonds. The number of halogens is 1. The van der Waals surface area contributed by atoms with Gasteiger partial charge in [-0.15, -0.1) is 0 Å². The van der Waals surface area contributed by atoms with Crippen LogP contribution in [0.15, 0.2) is 36.7 Å². The average molecular weight is 235 g/mol. The van der Waals surface area contributed by atoms with Crippen LogP contribution in [-0.2, 0) is 0 Å². The Morgan fingerprint density at radius 2 is 2.06 bits per heavy atom. The Morgan fingerprint density at radius 1 is 1.25 bits per heavy atom. The van der Waals surface area contributed by atoms with Crippen LogP contribution in [0.25, 0.3) is 0 Å². The molecule has 0 fully saturated rings. The fourth-order valence-electron chi connectivity index (χ4n) is 1.35. The number of benzene rings is 1. The highest BCUT2D eigenvalue weighted by atomic mass is 35.5. The van der Waals surface area contributed by atoms with E-state index in [2.05, 4.69) is 4.98 Å². The van der Waals surface area contributed by atoms with Crippen LogP contribution < -0.4 is 10.5 Å². The molecule has 0 aliphatic heterocycles. The second kappa shape index (κ2) is 4.41. The Hall–Kier alpha value is -1.74. The lowest BCUT2D eigenvalue weighted by molar-refractivity contribution is 0.478. The molecule has 0 bridgehead atoms. The summed E-state index contributed by atoms with van der Waals surface area (Å²) in [6, 6.07) is 7.18. The van der Waals surface area contributed by atoms with Crippen molar-refractivity contribution in [1.29, 1.82) is 0 Å². The molecule has 0 saturated heterocycles. The molecule has 0 aliphatic rings. The molecular weight excluding hydrogens is 224 g/mol. The van der Waals surface area contributed by atoms with Gasteiger partial charge < -0.3 is 10.5 Å². The second-order valence-corrected chi connectivity index (χ2v) is 3.84. The van der Waals surface area contributed by atoms with Gasteiger partial charge >= 0.3 is 0 Å². The molecule has 0 atom stereocenters. The van der Waals surface area contributed by atoms with E-state index in [0.717, 1.165) is 11.3 Å². The van der Waals surface area contributed by atoms with E-state index in [1.165, 1.54) is 0 Å². The SMILES string of the molecule is Cc1cc(N)ccc1Oc1ccncc1Cl. The number of aromatic nitrogens is 1. The van der Waals surface area contributed by atoms with Crippen molar-refractivity contribution in [2.75, 3.05) is 5.73 Å². The first-order chi connectivity index (χ1) is 7.66. The molecule has 0 spiro atoms. The van der Waals surface area contributed by atoms with Crippen molar-refractivity contribution in [3.05, 3.63) is 47.2 Å². The summed E-state index contributed by atoms with van der Waals surface area (Å²) in [5.74, 6) is 1.33. The monoisotopic (exact) mass is 234 g/mol. The van der Waals surface area contributed by atoms with Crippen LogP contribution in [0, 0.1) is 6.92 Å². The van der Waals surface area contributed by atoms with Gasteiger partial charge in [0.2, 0.25) is 0 Å². The third-order valence-corrected chi connectivity index (χ3v) is 2.44. The summed E-state index contributed by atoms with van der Waals surface area (Å²) in [5, 5.41) is 0.485. The summed E-state index contributed by atoms with van der Waals surface area (Å²) in [7, 11) is 0. The van der Waals surface area contributed by atoms with Gasteiger partial charge in [0.1, 0.15) is 16.5 Å². The predicted octanol–water partition coefficient (Wildman–Crippen LogP) is 3.42. The molecule has 16 heavy (non-hydrogen) atoms. The quantitative estimate of drug-likeness (QED) is 0.810. The molecule has 4 heteroatoms. The minimum atomic E-state index is 0.485. The van der Waals surface area contributed by atoms with E-state index in [9.17, 15) is 0 Å². The van der Waals surface area contributed by atoms with Gasteiger partial charge in [0.05, 0.1) is 0 Å². The number of anilines is 1. The number of rotatable bonds is 2. The molecule has 3 nitrogen and oxygen atoms in total. The van der Waals surface area contributed by atoms with Gasteiger partial charge in [-0.05, 0) is 30.7 Å². The summed E-state index contributed by atoms with van der Waals surface area (Å²) in [5.41, 5.74) is 7.34. The van der Waals surface area contributed by atoms with Crippen LogP contribution in [-0.4, -0.2) is 4.98 Å². The normalized spacial score (nSPS) is 10.1. The second-order valence-electron chi connectivity index (χ2n) is 3.43. The lowest BCUT2D eigenvalue weighted by Crippen LogP contribution is -1.91. The van der Waals surface area contributed by atoms with E-state index in [4.69, 9.17) is 22.1 Å². The Labute approximate surface area is 98.8 Å². The molecule has 1 heterocycles.